The molecule has 5 aliphatic carbocycles. The molecule has 0 aromatic rings. The van der Waals surface area contributed by atoms with E-state index >= 15 is 0 Å². The van der Waals surface area contributed by atoms with Crippen molar-refractivity contribution in [2.75, 3.05) is 0 Å². The Balaban J connectivity index is 1.26. The number of fused-ring (bicyclic) bond motifs is 7. The van der Waals surface area contributed by atoms with Crippen molar-refractivity contribution in [2.24, 2.45) is 56.7 Å². The molecule has 258 valence electrons. The van der Waals surface area contributed by atoms with Gasteiger partial charge < -0.3 is 9.84 Å². The number of hydrogen-bond acceptors (Lipinski definition) is 3. The highest BCUT2D eigenvalue weighted by Crippen LogP contribution is 2.75. The quantitative estimate of drug-likeness (QED) is 0.141. The Morgan fingerprint density at radius 1 is 0.822 bits per heavy atom. The minimum Gasteiger partial charge on any atom is -0.462 e. The molecule has 4 saturated carbocycles. The molecule has 0 aromatic heterocycles. The smallest absolute Gasteiger partial charge is 0.306 e. The number of ether oxygens (including phenoxy) is 1. The molecule has 11 unspecified atom stereocenters. The van der Waals surface area contributed by atoms with Crippen molar-refractivity contribution in [3.05, 3.63) is 11.6 Å². The van der Waals surface area contributed by atoms with E-state index in [-0.39, 0.29) is 45.3 Å². The van der Waals surface area contributed by atoms with Crippen LogP contribution in [0, 0.1) is 56.7 Å². The highest BCUT2D eigenvalue weighted by molar-refractivity contribution is 5.69. The number of rotatable bonds is 11. The van der Waals surface area contributed by atoms with Gasteiger partial charge in [-0.3, -0.25) is 4.79 Å². The van der Waals surface area contributed by atoms with Crippen LogP contribution in [0.15, 0.2) is 11.6 Å². The summed E-state index contributed by atoms with van der Waals surface area (Å²) in [5, 5.41) is 11.9. The van der Waals surface area contributed by atoms with Gasteiger partial charge in [0.25, 0.3) is 0 Å². The van der Waals surface area contributed by atoms with Gasteiger partial charge in [0, 0.05) is 17.3 Å². The normalized spacial score (nSPS) is 45.4. The van der Waals surface area contributed by atoms with E-state index in [0.29, 0.717) is 30.1 Å². The molecule has 5 aliphatic rings. The third-order valence-electron chi connectivity index (χ3n) is 16.2. The fraction of sp³-hybridized carbons (Fsp3) is 0.929. The Morgan fingerprint density at radius 2 is 1.44 bits per heavy atom. The van der Waals surface area contributed by atoms with Gasteiger partial charge in [-0.2, -0.15) is 0 Å². The minimum absolute atomic E-state index is 0.0136. The summed E-state index contributed by atoms with van der Waals surface area (Å²) in [4.78, 5) is 13.1. The van der Waals surface area contributed by atoms with Crippen LogP contribution in [-0.4, -0.2) is 23.3 Å². The maximum Gasteiger partial charge on any atom is 0.306 e. The molecule has 4 fully saturated rings. The van der Waals surface area contributed by atoms with E-state index in [2.05, 4.69) is 68.4 Å². The van der Waals surface area contributed by atoms with Crippen molar-refractivity contribution in [1.29, 1.82) is 0 Å². The van der Waals surface area contributed by atoms with Crippen molar-refractivity contribution in [2.45, 2.75) is 190 Å². The second kappa shape index (κ2) is 13.2. The monoisotopic (exact) mass is 625 g/mol. The molecule has 3 nitrogen and oxygen atoms in total. The minimum atomic E-state index is -0.224. The van der Waals surface area contributed by atoms with Crippen molar-refractivity contribution >= 4 is 5.97 Å². The third kappa shape index (κ3) is 5.92. The number of allylic oxidation sites excluding steroid dienone is 2. The molecule has 0 heterocycles. The summed E-state index contributed by atoms with van der Waals surface area (Å²) in [5.74, 6) is 3.02. The molecule has 0 spiro atoms. The molecule has 11 atom stereocenters. The summed E-state index contributed by atoms with van der Waals surface area (Å²) >= 11 is 0. The summed E-state index contributed by atoms with van der Waals surface area (Å²) in [7, 11) is 0. The Morgan fingerprint density at radius 3 is 2.11 bits per heavy atom. The van der Waals surface area contributed by atoms with Gasteiger partial charge in [-0.15, -0.1) is 0 Å². The van der Waals surface area contributed by atoms with Crippen LogP contribution in [0.25, 0.3) is 0 Å². The number of hydrogen-bond donors (Lipinski definition) is 1. The standard InChI is InChI=1S/C42H72O3/c1-10-11-12-13-14-15-16-17-18-19-36(44)45-35-24-26-39(6)32(38(35,4)5)23-27-41(8)33(39)21-20-31-37-30(3)29(2)22-25-40(37,7)34(43)28-42(31,41)9/h20,29-30,32-35,37,43H,10-19,21-28H2,1-9H3. The molecular formula is C42H72O3. The molecule has 0 amide bonds. The van der Waals surface area contributed by atoms with E-state index < -0.39 is 0 Å². The van der Waals surface area contributed by atoms with Crippen LogP contribution in [-0.2, 0) is 9.53 Å². The number of carbonyl (C=O) groups is 1. The van der Waals surface area contributed by atoms with E-state index in [9.17, 15) is 9.90 Å². The number of carbonyl (C=O) groups excluding carboxylic acids is 1. The number of aliphatic hydroxyl groups excluding tert-OH is 1. The molecule has 45 heavy (non-hydrogen) atoms. The Kier molecular flexibility index (Phi) is 10.4. The summed E-state index contributed by atoms with van der Waals surface area (Å²) in [6.07, 6.45) is 23.6. The molecule has 0 saturated heterocycles. The van der Waals surface area contributed by atoms with Crippen LogP contribution in [0.1, 0.15) is 178 Å². The average Bonchev–Trinajstić information content (AvgIpc) is 2.97. The van der Waals surface area contributed by atoms with Crippen molar-refractivity contribution in [3.63, 3.8) is 0 Å². The molecule has 3 heteroatoms. The Hall–Kier alpha value is -0.830. The lowest BCUT2D eigenvalue weighted by Gasteiger charge is -2.72. The summed E-state index contributed by atoms with van der Waals surface area (Å²) < 4.78 is 6.36. The van der Waals surface area contributed by atoms with Crippen LogP contribution in [0.2, 0.25) is 0 Å². The lowest BCUT2D eigenvalue weighted by atomic mass is 9.33. The molecule has 1 N–H and O–H groups in total. The SMILES string of the molecule is CCCCCCCCCCCC(=O)OC1CCC2(C)C(CCC3(C)C2CC=C2C4C(C)C(C)CCC4(C)C(O)CC23C)C1(C)C. The number of esters is 1. The molecule has 0 radical (unpaired) electrons. The van der Waals surface area contributed by atoms with Gasteiger partial charge in [0.15, 0.2) is 0 Å². The second-order valence-electron chi connectivity index (χ2n) is 18.8. The van der Waals surface area contributed by atoms with E-state index in [0.717, 1.165) is 44.4 Å². The van der Waals surface area contributed by atoms with Gasteiger partial charge in [-0.1, -0.05) is 125 Å². The molecular weight excluding hydrogens is 552 g/mol. The largest absolute Gasteiger partial charge is 0.462 e. The maximum atomic E-state index is 13.1. The zero-order valence-corrected chi connectivity index (χ0v) is 31.1. The van der Waals surface area contributed by atoms with E-state index in [1.165, 1.54) is 70.6 Å². The first-order chi connectivity index (χ1) is 21.2. The third-order valence-corrected chi connectivity index (χ3v) is 16.2. The lowest BCUT2D eigenvalue weighted by Crippen LogP contribution is -2.66. The van der Waals surface area contributed by atoms with Crippen LogP contribution in [0.3, 0.4) is 0 Å². The number of aliphatic hydroxyl groups is 1. The Labute approximate surface area is 278 Å². The zero-order valence-electron chi connectivity index (χ0n) is 31.1. The first-order valence-electron chi connectivity index (χ1n) is 19.7. The highest BCUT2D eigenvalue weighted by atomic mass is 16.5. The first kappa shape index (κ1) is 35.5. The fourth-order valence-electron chi connectivity index (χ4n) is 12.9. The van der Waals surface area contributed by atoms with Crippen LogP contribution >= 0.6 is 0 Å². The van der Waals surface area contributed by atoms with Crippen LogP contribution < -0.4 is 0 Å². The van der Waals surface area contributed by atoms with Crippen LogP contribution in [0.5, 0.6) is 0 Å². The first-order valence-corrected chi connectivity index (χ1v) is 19.7. The average molecular weight is 625 g/mol. The lowest BCUT2D eigenvalue weighted by molar-refractivity contribution is -0.221. The topological polar surface area (TPSA) is 46.5 Å². The predicted molar refractivity (Wildman–Crippen MR) is 188 cm³/mol. The summed E-state index contributed by atoms with van der Waals surface area (Å²) in [5.41, 5.74) is 2.15. The summed E-state index contributed by atoms with van der Waals surface area (Å²) in [6, 6.07) is 0. The van der Waals surface area contributed by atoms with Gasteiger partial charge in [-0.25, -0.2) is 0 Å². The van der Waals surface area contributed by atoms with E-state index in [1.807, 2.05) is 0 Å². The van der Waals surface area contributed by atoms with Crippen LogP contribution in [0.4, 0.5) is 0 Å². The van der Waals surface area contributed by atoms with Gasteiger partial charge in [0.2, 0.25) is 0 Å². The molecule has 0 aliphatic heterocycles. The second-order valence-corrected chi connectivity index (χ2v) is 18.8. The van der Waals surface area contributed by atoms with Crippen molar-refractivity contribution in [3.8, 4) is 0 Å². The van der Waals surface area contributed by atoms with Crippen molar-refractivity contribution < 1.29 is 14.6 Å². The fourth-order valence-corrected chi connectivity index (χ4v) is 12.9. The maximum absolute atomic E-state index is 13.1. The van der Waals surface area contributed by atoms with Gasteiger partial charge >= 0.3 is 5.97 Å². The highest BCUT2D eigenvalue weighted by Gasteiger charge is 2.69. The molecule has 5 rings (SSSR count). The zero-order chi connectivity index (χ0) is 32.8. The van der Waals surface area contributed by atoms with Gasteiger partial charge in [-0.05, 0) is 104 Å². The predicted octanol–water partition coefficient (Wildman–Crippen LogP) is 11.5. The van der Waals surface area contributed by atoms with Crippen molar-refractivity contribution in [1.82, 2.24) is 0 Å². The molecule has 0 aromatic carbocycles. The Bertz CT molecular complexity index is 1080. The molecule has 0 bridgehead atoms. The summed E-state index contributed by atoms with van der Waals surface area (Å²) in [6.45, 7) is 22.3. The van der Waals surface area contributed by atoms with E-state index in [1.54, 1.807) is 5.57 Å². The van der Waals surface area contributed by atoms with E-state index in [4.69, 9.17) is 4.74 Å². The number of unbranched alkanes of at least 4 members (excludes halogenated alkanes) is 8. The van der Waals surface area contributed by atoms with Gasteiger partial charge in [0.05, 0.1) is 6.10 Å². The van der Waals surface area contributed by atoms with Gasteiger partial charge in [0.1, 0.15) is 6.10 Å².